The summed E-state index contributed by atoms with van der Waals surface area (Å²) in [5, 5.41) is 0. The summed E-state index contributed by atoms with van der Waals surface area (Å²) in [6.07, 6.45) is 5.14. The lowest BCUT2D eigenvalue weighted by atomic mass is 10.1. The molecule has 0 aromatic heterocycles. The normalized spacial score (nSPS) is 21.5. The van der Waals surface area contributed by atoms with Gasteiger partial charge in [-0.25, -0.2) is 0 Å². The van der Waals surface area contributed by atoms with E-state index in [4.69, 9.17) is 9.47 Å². The monoisotopic (exact) mass is 346 g/mol. The van der Waals surface area contributed by atoms with Crippen LogP contribution in [0.5, 0.6) is 5.75 Å². The molecule has 1 amide bonds. The fraction of sp³-hybridized carbons (Fsp3) is 0.650. The van der Waals surface area contributed by atoms with Crippen LogP contribution in [0.25, 0.3) is 0 Å². The number of hydrogen-bond acceptors (Lipinski definition) is 4. The van der Waals surface area contributed by atoms with Crippen molar-refractivity contribution in [1.82, 2.24) is 9.80 Å². The lowest BCUT2D eigenvalue weighted by Crippen LogP contribution is -2.49. The van der Waals surface area contributed by atoms with Gasteiger partial charge in [-0.1, -0.05) is 12.1 Å². The molecule has 1 atom stereocenters. The van der Waals surface area contributed by atoms with Crippen molar-refractivity contribution in [3.63, 3.8) is 0 Å². The molecular formula is C20H30N2O3. The summed E-state index contributed by atoms with van der Waals surface area (Å²) in [5.74, 6) is 1.20. The van der Waals surface area contributed by atoms with E-state index in [0.29, 0.717) is 18.4 Å². The molecule has 0 N–H and O–H groups in total. The first-order valence-electron chi connectivity index (χ1n) is 9.49. The molecular weight excluding hydrogens is 316 g/mol. The number of benzene rings is 1. The van der Waals surface area contributed by atoms with Gasteiger partial charge in [-0.2, -0.15) is 0 Å². The predicted molar refractivity (Wildman–Crippen MR) is 97.9 cm³/mol. The van der Waals surface area contributed by atoms with Gasteiger partial charge in [0.05, 0.1) is 13.2 Å². The molecule has 2 saturated heterocycles. The van der Waals surface area contributed by atoms with Crippen LogP contribution in [0.3, 0.4) is 0 Å². The molecule has 2 fully saturated rings. The van der Waals surface area contributed by atoms with Gasteiger partial charge in [-0.3, -0.25) is 9.69 Å². The van der Waals surface area contributed by atoms with E-state index in [2.05, 4.69) is 17.0 Å². The molecule has 1 unspecified atom stereocenters. The van der Waals surface area contributed by atoms with Crippen LogP contribution < -0.4 is 4.74 Å². The number of ether oxygens (including phenoxy) is 2. The minimum atomic E-state index is 0.297. The van der Waals surface area contributed by atoms with E-state index in [0.717, 1.165) is 70.8 Å². The summed E-state index contributed by atoms with van der Waals surface area (Å²) in [6.45, 7) is 5.57. The molecule has 2 aliphatic rings. The molecule has 2 heterocycles. The smallest absolute Gasteiger partial charge is 0.222 e. The third-order valence-corrected chi connectivity index (χ3v) is 5.30. The summed E-state index contributed by atoms with van der Waals surface area (Å²) in [6, 6.07) is 8.29. The van der Waals surface area contributed by atoms with E-state index in [1.807, 2.05) is 17.0 Å². The maximum absolute atomic E-state index is 12.3. The van der Waals surface area contributed by atoms with E-state index in [1.165, 1.54) is 5.56 Å². The lowest BCUT2D eigenvalue weighted by Gasteiger charge is -2.35. The van der Waals surface area contributed by atoms with Crippen molar-refractivity contribution in [2.75, 3.05) is 46.4 Å². The van der Waals surface area contributed by atoms with Crippen molar-refractivity contribution < 1.29 is 14.3 Å². The van der Waals surface area contributed by atoms with Crippen molar-refractivity contribution in [3.8, 4) is 5.75 Å². The van der Waals surface area contributed by atoms with Gasteiger partial charge in [0.15, 0.2) is 0 Å². The Morgan fingerprint density at radius 3 is 2.60 bits per heavy atom. The van der Waals surface area contributed by atoms with E-state index in [-0.39, 0.29) is 0 Å². The summed E-state index contributed by atoms with van der Waals surface area (Å²) in [5.41, 5.74) is 1.33. The number of nitrogens with zero attached hydrogens (tertiary/aromatic N) is 2. The second-order valence-corrected chi connectivity index (χ2v) is 6.99. The van der Waals surface area contributed by atoms with Crippen LogP contribution >= 0.6 is 0 Å². The first kappa shape index (κ1) is 18.2. The highest BCUT2D eigenvalue weighted by Crippen LogP contribution is 2.18. The van der Waals surface area contributed by atoms with Crippen molar-refractivity contribution >= 4 is 5.91 Å². The van der Waals surface area contributed by atoms with Gasteiger partial charge >= 0.3 is 0 Å². The minimum absolute atomic E-state index is 0.297. The lowest BCUT2D eigenvalue weighted by molar-refractivity contribution is -0.133. The van der Waals surface area contributed by atoms with Crippen LogP contribution in [0, 0.1) is 0 Å². The van der Waals surface area contributed by atoms with Crippen LogP contribution in [0.1, 0.15) is 31.2 Å². The predicted octanol–water partition coefficient (Wildman–Crippen LogP) is 2.34. The highest BCUT2D eigenvalue weighted by molar-refractivity contribution is 5.76. The van der Waals surface area contributed by atoms with Gasteiger partial charge in [0.25, 0.3) is 0 Å². The Labute approximate surface area is 150 Å². The van der Waals surface area contributed by atoms with Crippen molar-refractivity contribution in [1.29, 1.82) is 0 Å². The van der Waals surface area contributed by atoms with Crippen LogP contribution in [0.15, 0.2) is 24.3 Å². The molecule has 25 heavy (non-hydrogen) atoms. The Morgan fingerprint density at radius 2 is 1.96 bits per heavy atom. The molecule has 3 rings (SSSR count). The number of piperazine rings is 1. The quantitative estimate of drug-likeness (QED) is 0.760. The van der Waals surface area contributed by atoms with Gasteiger partial charge in [-0.15, -0.1) is 0 Å². The van der Waals surface area contributed by atoms with Crippen LogP contribution in [0.4, 0.5) is 0 Å². The zero-order chi connectivity index (χ0) is 17.5. The Bertz CT molecular complexity index is 532. The number of methoxy groups -OCH3 is 1. The molecule has 0 saturated carbocycles. The maximum Gasteiger partial charge on any atom is 0.222 e. The maximum atomic E-state index is 12.3. The van der Waals surface area contributed by atoms with Crippen molar-refractivity contribution in [3.05, 3.63) is 29.8 Å². The Kier molecular flexibility index (Phi) is 6.70. The summed E-state index contributed by atoms with van der Waals surface area (Å²) < 4.78 is 10.8. The highest BCUT2D eigenvalue weighted by Gasteiger charge is 2.23. The van der Waals surface area contributed by atoms with Gasteiger partial charge in [0, 0.05) is 45.8 Å². The number of carbonyl (C=O) groups is 1. The number of hydrogen-bond donors (Lipinski definition) is 0. The molecule has 1 aromatic carbocycles. The van der Waals surface area contributed by atoms with Crippen LogP contribution in [-0.4, -0.2) is 68.3 Å². The average molecular weight is 346 g/mol. The van der Waals surface area contributed by atoms with E-state index >= 15 is 0 Å². The molecule has 0 spiro atoms. The van der Waals surface area contributed by atoms with Crippen LogP contribution in [-0.2, 0) is 16.0 Å². The first-order chi connectivity index (χ1) is 12.2. The molecule has 0 radical (unpaired) electrons. The molecule has 5 nitrogen and oxygen atoms in total. The largest absolute Gasteiger partial charge is 0.497 e. The molecule has 0 bridgehead atoms. The minimum Gasteiger partial charge on any atom is -0.497 e. The SMILES string of the molecule is COc1ccc(CCN2CCN(C(=O)CCC3CCCO3)CC2)cc1. The van der Waals surface area contributed by atoms with Gasteiger partial charge in [0.1, 0.15) is 5.75 Å². The van der Waals surface area contributed by atoms with E-state index in [1.54, 1.807) is 7.11 Å². The summed E-state index contributed by atoms with van der Waals surface area (Å²) >= 11 is 0. The second-order valence-electron chi connectivity index (χ2n) is 6.99. The molecule has 5 heteroatoms. The molecule has 2 aliphatic heterocycles. The topological polar surface area (TPSA) is 42.0 Å². The second kappa shape index (κ2) is 9.20. The highest BCUT2D eigenvalue weighted by atomic mass is 16.5. The van der Waals surface area contributed by atoms with Gasteiger partial charge in [-0.05, 0) is 43.4 Å². The number of amides is 1. The third-order valence-electron chi connectivity index (χ3n) is 5.30. The summed E-state index contributed by atoms with van der Waals surface area (Å²) in [4.78, 5) is 16.8. The number of carbonyl (C=O) groups excluding carboxylic acids is 1. The first-order valence-corrected chi connectivity index (χ1v) is 9.49. The molecule has 1 aromatic rings. The Balaban J connectivity index is 1.34. The fourth-order valence-corrected chi connectivity index (χ4v) is 3.61. The van der Waals surface area contributed by atoms with Crippen LogP contribution in [0.2, 0.25) is 0 Å². The molecule has 0 aliphatic carbocycles. The van der Waals surface area contributed by atoms with Gasteiger partial charge < -0.3 is 14.4 Å². The molecule has 138 valence electrons. The van der Waals surface area contributed by atoms with Crippen molar-refractivity contribution in [2.45, 2.75) is 38.2 Å². The number of rotatable bonds is 7. The van der Waals surface area contributed by atoms with E-state index in [9.17, 15) is 4.79 Å². The van der Waals surface area contributed by atoms with Crippen molar-refractivity contribution in [2.24, 2.45) is 0 Å². The average Bonchev–Trinajstić information content (AvgIpc) is 3.19. The summed E-state index contributed by atoms with van der Waals surface area (Å²) in [7, 11) is 1.69. The third kappa shape index (κ3) is 5.44. The Morgan fingerprint density at radius 1 is 1.20 bits per heavy atom. The van der Waals surface area contributed by atoms with Gasteiger partial charge in [0.2, 0.25) is 5.91 Å². The Hall–Kier alpha value is -1.59. The fourth-order valence-electron chi connectivity index (χ4n) is 3.61. The zero-order valence-electron chi connectivity index (χ0n) is 15.3. The zero-order valence-corrected chi connectivity index (χ0v) is 15.3. The van der Waals surface area contributed by atoms with E-state index < -0.39 is 0 Å². The standard InChI is InChI=1S/C20H30N2O3/c1-24-18-6-4-17(5-7-18)10-11-21-12-14-22(15-13-21)20(23)9-8-19-3-2-16-25-19/h4-7,19H,2-3,8-16H2,1H3.